The van der Waals surface area contributed by atoms with Gasteiger partial charge in [-0.2, -0.15) is 5.26 Å². The summed E-state index contributed by atoms with van der Waals surface area (Å²) >= 11 is 6.05. The lowest BCUT2D eigenvalue weighted by Crippen LogP contribution is -2.12. The Morgan fingerprint density at radius 2 is 2.16 bits per heavy atom. The van der Waals surface area contributed by atoms with Gasteiger partial charge >= 0.3 is 0 Å². The topological polar surface area (TPSA) is 118 Å². The van der Waals surface area contributed by atoms with E-state index in [0.29, 0.717) is 39.6 Å². The summed E-state index contributed by atoms with van der Waals surface area (Å²) in [5.74, 6) is 0.110. The number of hydrogen-bond acceptors (Lipinski definition) is 5. The molecule has 32 heavy (non-hydrogen) atoms. The number of aliphatic hydroxyl groups is 1. The molecule has 8 heteroatoms. The molecule has 0 aliphatic carbocycles. The zero-order valence-corrected chi connectivity index (χ0v) is 18.0. The first-order chi connectivity index (χ1) is 15.5. The van der Waals surface area contributed by atoms with Gasteiger partial charge in [0.15, 0.2) is 0 Å². The van der Waals surface area contributed by atoms with Crippen LogP contribution in [-0.4, -0.2) is 32.9 Å². The monoisotopic (exact) mass is 445 g/mol. The predicted octanol–water partition coefficient (Wildman–Crippen LogP) is 4.31. The van der Waals surface area contributed by atoms with Gasteiger partial charge < -0.3 is 15.1 Å². The molecule has 4 rings (SSSR count). The molecule has 0 fully saturated rings. The summed E-state index contributed by atoms with van der Waals surface area (Å²) in [6.07, 6.45) is 3.71. The van der Waals surface area contributed by atoms with E-state index in [2.05, 4.69) is 26.0 Å². The molecule has 0 amide bonds. The third-order valence-electron chi connectivity index (χ3n) is 5.13. The Morgan fingerprint density at radius 1 is 1.31 bits per heavy atom. The Kier molecular flexibility index (Phi) is 6.17. The number of nitrogens with zero attached hydrogens (tertiary/aromatic N) is 3. The number of aliphatic imine (C=N–C) groups is 1. The van der Waals surface area contributed by atoms with Crippen LogP contribution in [0.25, 0.3) is 22.4 Å². The first-order valence-electron chi connectivity index (χ1n) is 10.0. The number of nitrogens with one attached hydrogen (secondary N) is 2. The van der Waals surface area contributed by atoms with Gasteiger partial charge in [0, 0.05) is 23.4 Å². The van der Waals surface area contributed by atoms with Crippen LogP contribution in [-0.2, 0) is 6.42 Å². The molecule has 0 aliphatic rings. The number of halogens is 1. The van der Waals surface area contributed by atoms with Gasteiger partial charge in [0.25, 0.3) is 5.56 Å². The van der Waals surface area contributed by atoms with Crippen molar-refractivity contribution in [2.24, 2.45) is 10.9 Å². The van der Waals surface area contributed by atoms with Crippen LogP contribution in [0.5, 0.6) is 0 Å². The van der Waals surface area contributed by atoms with E-state index in [9.17, 15) is 15.2 Å². The van der Waals surface area contributed by atoms with Crippen molar-refractivity contribution in [3.8, 4) is 17.5 Å². The fourth-order valence-corrected chi connectivity index (χ4v) is 3.81. The summed E-state index contributed by atoms with van der Waals surface area (Å²) in [7, 11) is 0. The number of nitriles is 1. The number of aromatic nitrogens is 3. The number of aromatic amines is 2. The van der Waals surface area contributed by atoms with E-state index >= 15 is 0 Å². The second kappa shape index (κ2) is 9.18. The summed E-state index contributed by atoms with van der Waals surface area (Å²) in [4.78, 5) is 27.6. The number of imidazole rings is 1. The van der Waals surface area contributed by atoms with Gasteiger partial charge in [-0.05, 0) is 54.8 Å². The zero-order valence-electron chi connectivity index (χ0n) is 17.3. The minimum atomic E-state index is -0.341. The number of hydrogen-bond donors (Lipinski definition) is 3. The molecule has 160 valence electrons. The average Bonchev–Trinajstić information content (AvgIpc) is 3.20. The van der Waals surface area contributed by atoms with E-state index < -0.39 is 0 Å². The van der Waals surface area contributed by atoms with Crippen molar-refractivity contribution in [2.75, 3.05) is 6.61 Å². The zero-order chi connectivity index (χ0) is 22.7. The number of benzene rings is 2. The molecule has 0 spiro atoms. The molecule has 0 aliphatic heterocycles. The van der Waals surface area contributed by atoms with Crippen LogP contribution >= 0.6 is 11.6 Å². The van der Waals surface area contributed by atoms with Crippen molar-refractivity contribution in [1.82, 2.24) is 15.0 Å². The Morgan fingerprint density at radius 3 is 2.91 bits per heavy atom. The van der Waals surface area contributed by atoms with Crippen molar-refractivity contribution in [3.63, 3.8) is 0 Å². The quantitative estimate of drug-likeness (QED) is 0.383. The minimum absolute atomic E-state index is 0.102. The molecule has 0 bridgehead atoms. The molecule has 2 aromatic heterocycles. The van der Waals surface area contributed by atoms with Crippen molar-refractivity contribution in [2.45, 2.75) is 13.3 Å². The number of aryl methyl sites for hydroxylation is 1. The van der Waals surface area contributed by atoms with Crippen LogP contribution in [0.3, 0.4) is 0 Å². The molecular weight excluding hydrogens is 426 g/mol. The van der Waals surface area contributed by atoms with E-state index in [0.717, 1.165) is 11.1 Å². The van der Waals surface area contributed by atoms with Crippen molar-refractivity contribution >= 4 is 34.5 Å². The van der Waals surface area contributed by atoms with Gasteiger partial charge in [-0.15, -0.1) is 0 Å². The summed E-state index contributed by atoms with van der Waals surface area (Å²) < 4.78 is 0. The van der Waals surface area contributed by atoms with Crippen LogP contribution < -0.4 is 5.56 Å². The second-order valence-corrected chi connectivity index (χ2v) is 7.94. The maximum absolute atomic E-state index is 12.7. The maximum atomic E-state index is 12.7. The van der Waals surface area contributed by atoms with Crippen molar-refractivity contribution in [1.29, 1.82) is 5.26 Å². The number of aliphatic hydroxyl groups excluding tert-OH is 1. The van der Waals surface area contributed by atoms with Gasteiger partial charge in [0.1, 0.15) is 11.4 Å². The Hall–Kier alpha value is -3.73. The van der Waals surface area contributed by atoms with Crippen LogP contribution in [0.1, 0.15) is 16.7 Å². The van der Waals surface area contributed by atoms with Gasteiger partial charge in [0.2, 0.25) is 0 Å². The normalized spacial score (nSPS) is 12.3. The van der Waals surface area contributed by atoms with Crippen molar-refractivity contribution in [3.05, 3.63) is 80.7 Å². The van der Waals surface area contributed by atoms with Crippen LogP contribution in [0.15, 0.2) is 58.4 Å². The number of pyridine rings is 1. The summed E-state index contributed by atoms with van der Waals surface area (Å²) in [5.41, 5.74) is 4.06. The molecule has 0 saturated carbocycles. The highest BCUT2D eigenvalue weighted by atomic mass is 35.5. The molecule has 2 aromatic carbocycles. The highest BCUT2D eigenvalue weighted by molar-refractivity contribution is 6.30. The molecule has 1 unspecified atom stereocenters. The smallest absolute Gasteiger partial charge is 0.261 e. The van der Waals surface area contributed by atoms with Crippen LogP contribution in [0.2, 0.25) is 5.02 Å². The van der Waals surface area contributed by atoms with E-state index in [-0.39, 0.29) is 23.6 Å². The third kappa shape index (κ3) is 4.47. The Labute approximate surface area is 189 Å². The van der Waals surface area contributed by atoms with Gasteiger partial charge in [-0.3, -0.25) is 9.79 Å². The van der Waals surface area contributed by atoms with Gasteiger partial charge in [-0.25, -0.2) is 4.98 Å². The largest absolute Gasteiger partial charge is 0.396 e. The molecule has 4 aromatic rings. The Balaban J connectivity index is 1.70. The lowest BCUT2D eigenvalue weighted by atomic mass is 10.0. The lowest BCUT2D eigenvalue weighted by Gasteiger charge is -2.09. The Bertz CT molecular complexity index is 1410. The standard InChI is InChI=1S/C24H20ClN5O2/c1-14-7-16(11-26)10-20-22(14)30-23(29-20)21-19(5-6-27-24(21)32)28-12-17(13-31)8-15-3-2-4-18(25)9-15/h2-7,9-10,12,17,31H,8,13H2,1H3,(H,27,32)(H,29,30). The van der Waals surface area contributed by atoms with E-state index in [4.69, 9.17) is 11.6 Å². The van der Waals surface area contributed by atoms with E-state index in [1.54, 1.807) is 30.5 Å². The van der Waals surface area contributed by atoms with Crippen LogP contribution in [0, 0.1) is 24.2 Å². The molecule has 0 radical (unpaired) electrons. The first kappa shape index (κ1) is 21.5. The first-order valence-corrected chi connectivity index (χ1v) is 10.4. The third-order valence-corrected chi connectivity index (χ3v) is 5.36. The molecule has 7 nitrogen and oxygen atoms in total. The highest BCUT2D eigenvalue weighted by Gasteiger charge is 2.16. The van der Waals surface area contributed by atoms with Gasteiger partial charge in [-0.1, -0.05) is 23.7 Å². The van der Waals surface area contributed by atoms with Crippen molar-refractivity contribution < 1.29 is 5.11 Å². The van der Waals surface area contributed by atoms with Gasteiger partial charge in [0.05, 0.1) is 35.0 Å². The average molecular weight is 446 g/mol. The maximum Gasteiger partial charge on any atom is 0.261 e. The van der Waals surface area contributed by atoms with E-state index in [1.165, 1.54) is 6.20 Å². The molecule has 3 N–H and O–H groups in total. The molecule has 1 atom stereocenters. The number of fused-ring (bicyclic) bond motifs is 1. The minimum Gasteiger partial charge on any atom is -0.396 e. The predicted molar refractivity (Wildman–Crippen MR) is 125 cm³/mol. The lowest BCUT2D eigenvalue weighted by molar-refractivity contribution is 0.263. The second-order valence-electron chi connectivity index (χ2n) is 7.51. The van der Waals surface area contributed by atoms with E-state index in [1.807, 2.05) is 25.1 Å². The molecular formula is C24H20ClN5O2. The summed E-state index contributed by atoms with van der Waals surface area (Å²) in [6.45, 7) is 1.76. The number of rotatable bonds is 6. The SMILES string of the molecule is Cc1cc(C#N)cc2[nH]c(-c3c(N=CC(CO)Cc4cccc(Cl)c4)cc[nH]c3=O)nc12. The highest BCUT2D eigenvalue weighted by Crippen LogP contribution is 2.28. The van der Waals surface area contributed by atoms with Crippen LogP contribution in [0.4, 0.5) is 5.69 Å². The fraction of sp³-hybridized carbons (Fsp3) is 0.167. The summed E-state index contributed by atoms with van der Waals surface area (Å²) in [6, 6.07) is 14.7. The molecule has 0 saturated heterocycles. The fourth-order valence-electron chi connectivity index (χ4n) is 3.59. The number of H-pyrrole nitrogens is 2. The molecule has 2 heterocycles. The summed E-state index contributed by atoms with van der Waals surface area (Å²) in [5, 5.41) is 19.7.